The highest BCUT2D eigenvalue weighted by atomic mass is 14.6. The van der Waals surface area contributed by atoms with E-state index in [-0.39, 0.29) is 0 Å². The molecule has 0 aliphatic carbocycles. The molecule has 16 heavy (non-hydrogen) atoms. The van der Waals surface area contributed by atoms with E-state index in [9.17, 15) is 0 Å². The molecule has 0 spiro atoms. The molecule has 0 fully saturated rings. The maximum absolute atomic E-state index is 4.03. The van der Waals surface area contributed by atoms with Gasteiger partial charge in [0.25, 0.3) is 0 Å². The predicted molar refractivity (Wildman–Crippen MR) is 67.4 cm³/mol. The molecule has 0 aliphatic heterocycles. The maximum atomic E-state index is 4.03. The topological polar surface area (TPSA) is 12.9 Å². The van der Waals surface area contributed by atoms with Crippen LogP contribution in [-0.2, 0) is 12.8 Å². The summed E-state index contributed by atoms with van der Waals surface area (Å²) in [6.07, 6.45) is 7.23. The molecule has 0 saturated heterocycles. The lowest BCUT2D eigenvalue weighted by atomic mass is 10.0. The Morgan fingerprint density at radius 3 is 2.44 bits per heavy atom. The van der Waals surface area contributed by atoms with E-state index in [1.807, 2.05) is 12.4 Å². The highest BCUT2D eigenvalue weighted by molar-refractivity contribution is 5.25. The maximum Gasteiger partial charge on any atom is 0.0270 e. The summed E-state index contributed by atoms with van der Waals surface area (Å²) in [5.41, 5.74) is 4.25. The van der Waals surface area contributed by atoms with E-state index in [0.29, 0.717) is 0 Å². The number of pyridine rings is 1. The lowest BCUT2D eigenvalue weighted by Gasteiger charge is -2.05. The summed E-state index contributed by atoms with van der Waals surface area (Å²) in [4.78, 5) is 4.03. The van der Waals surface area contributed by atoms with Crippen molar-refractivity contribution in [3.63, 3.8) is 0 Å². The molecule has 0 amide bonds. The first kappa shape index (κ1) is 10.9. The average molecular weight is 211 g/mol. The number of aryl methyl sites for hydroxylation is 3. The van der Waals surface area contributed by atoms with Gasteiger partial charge in [0.05, 0.1) is 0 Å². The highest BCUT2D eigenvalue weighted by Crippen LogP contribution is 2.11. The molecule has 1 aromatic heterocycles. The SMILES string of the molecule is Cc1ccccc1CCCc1ccncc1. The highest BCUT2D eigenvalue weighted by Gasteiger charge is 1.97. The van der Waals surface area contributed by atoms with E-state index in [1.54, 1.807) is 0 Å². The van der Waals surface area contributed by atoms with Crippen molar-refractivity contribution in [2.24, 2.45) is 0 Å². The van der Waals surface area contributed by atoms with Crippen LogP contribution in [0.4, 0.5) is 0 Å². The summed E-state index contributed by atoms with van der Waals surface area (Å²) >= 11 is 0. The minimum absolute atomic E-state index is 1.14. The van der Waals surface area contributed by atoms with Crippen LogP contribution in [0, 0.1) is 6.92 Å². The molecule has 82 valence electrons. The van der Waals surface area contributed by atoms with Gasteiger partial charge in [0.15, 0.2) is 0 Å². The monoisotopic (exact) mass is 211 g/mol. The number of hydrogen-bond acceptors (Lipinski definition) is 1. The van der Waals surface area contributed by atoms with Crippen molar-refractivity contribution in [3.8, 4) is 0 Å². The molecule has 0 atom stereocenters. The van der Waals surface area contributed by atoms with E-state index in [0.717, 1.165) is 12.8 Å². The van der Waals surface area contributed by atoms with Gasteiger partial charge in [-0.15, -0.1) is 0 Å². The fourth-order valence-electron chi connectivity index (χ4n) is 1.92. The van der Waals surface area contributed by atoms with Crippen LogP contribution >= 0.6 is 0 Å². The van der Waals surface area contributed by atoms with Gasteiger partial charge in [0.2, 0.25) is 0 Å². The Bertz CT molecular complexity index is 434. The van der Waals surface area contributed by atoms with Gasteiger partial charge >= 0.3 is 0 Å². The summed E-state index contributed by atoms with van der Waals surface area (Å²) < 4.78 is 0. The molecular formula is C15H17N. The van der Waals surface area contributed by atoms with E-state index in [4.69, 9.17) is 0 Å². The second-order valence-electron chi connectivity index (χ2n) is 4.14. The quantitative estimate of drug-likeness (QED) is 0.753. The molecule has 2 rings (SSSR count). The van der Waals surface area contributed by atoms with Gasteiger partial charge in [-0.2, -0.15) is 0 Å². The van der Waals surface area contributed by atoms with Crippen LogP contribution in [0.5, 0.6) is 0 Å². The van der Waals surface area contributed by atoms with Gasteiger partial charge in [0.1, 0.15) is 0 Å². The zero-order chi connectivity index (χ0) is 11.2. The van der Waals surface area contributed by atoms with Crippen molar-refractivity contribution < 1.29 is 0 Å². The molecule has 0 N–H and O–H groups in total. The summed E-state index contributed by atoms with van der Waals surface area (Å²) in [5, 5.41) is 0. The van der Waals surface area contributed by atoms with Gasteiger partial charge in [-0.1, -0.05) is 24.3 Å². The molecular weight excluding hydrogens is 194 g/mol. The van der Waals surface area contributed by atoms with Crippen molar-refractivity contribution >= 4 is 0 Å². The molecule has 1 aromatic carbocycles. The second-order valence-corrected chi connectivity index (χ2v) is 4.14. The summed E-state index contributed by atoms with van der Waals surface area (Å²) in [6.45, 7) is 2.18. The lowest BCUT2D eigenvalue weighted by Crippen LogP contribution is -1.92. The van der Waals surface area contributed by atoms with Gasteiger partial charge < -0.3 is 0 Å². The molecule has 0 saturated carbocycles. The van der Waals surface area contributed by atoms with Gasteiger partial charge in [-0.25, -0.2) is 0 Å². The normalized spacial score (nSPS) is 10.3. The Morgan fingerprint density at radius 1 is 0.938 bits per heavy atom. The molecule has 2 aromatic rings. The van der Waals surface area contributed by atoms with Crippen LogP contribution in [-0.4, -0.2) is 4.98 Å². The largest absolute Gasteiger partial charge is 0.265 e. The van der Waals surface area contributed by atoms with Crippen LogP contribution in [0.3, 0.4) is 0 Å². The van der Waals surface area contributed by atoms with Crippen LogP contribution in [0.15, 0.2) is 48.8 Å². The second kappa shape index (κ2) is 5.45. The average Bonchev–Trinajstić information content (AvgIpc) is 2.33. The third-order valence-corrected chi connectivity index (χ3v) is 2.92. The Hall–Kier alpha value is -1.63. The number of nitrogens with zero attached hydrogens (tertiary/aromatic N) is 1. The van der Waals surface area contributed by atoms with Crippen molar-refractivity contribution in [2.75, 3.05) is 0 Å². The van der Waals surface area contributed by atoms with Gasteiger partial charge in [-0.05, 0) is 55.0 Å². The molecule has 1 heteroatoms. The van der Waals surface area contributed by atoms with Gasteiger partial charge in [-0.3, -0.25) is 4.98 Å². The number of aromatic nitrogens is 1. The van der Waals surface area contributed by atoms with Crippen LogP contribution in [0.25, 0.3) is 0 Å². The fourth-order valence-corrected chi connectivity index (χ4v) is 1.92. The lowest BCUT2D eigenvalue weighted by molar-refractivity contribution is 0.815. The van der Waals surface area contributed by atoms with E-state index in [1.165, 1.54) is 23.1 Å². The Balaban J connectivity index is 1.87. The summed E-state index contributed by atoms with van der Waals surface area (Å²) in [6, 6.07) is 12.8. The standard InChI is InChI=1S/C15H17N/c1-13-5-2-3-7-15(13)8-4-6-14-9-11-16-12-10-14/h2-3,5,7,9-12H,4,6,8H2,1H3. The van der Waals surface area contributed by atoms with Crippen molar-refractivity contribution in [1.82, 2.24) is 4.98 Å². The fraction of sp³-hybridized carbons (Fsp3) is 0.267. The van der Waals surface area contributed by atoms with E-state index >= 15 is 0 Å². The van der Waals surface area contributed by atoms with Crippen molar-refractivity contribution in [3.05, 3.63) is 65.5 Å². The Morgan fingerprint density at radius 2 is 1.69 bits per heavy atom. The first-order chi connectivity index (χ1) is 7.86. The molecule has 0 aliphatic rings. The zero-order valence-corrected chi connectivity index (χ0v) is 9.69. The molecule has 0 radical (unpaired) electrons. The third kappa shape index (κ3) is 2.93. The molecule has 1 nitrogen and oxygen atoms in total. The molecule has 0 bridgehead atoms. The smallest absolute Gasteiger partial charge is 0.0270 e. The van der Waals surface area contributed by atoms with Gasteiger partial charge in [0, 0.05) is 12.4 Å². The Kier molecular flexibility index (Phi) is 3.71. The molecule has 1 heterocycles. The van der Waals surface area contributed by atoms with Crippen LogP contribution in [0.2, 0.25) is 0 Å². The van der Waals surface area contributed by atoms with Crippen LogP contribution in [0.1, 0.15) is 23.1 Å². The predicted octanol–water partition coefficient (Wildman–Crippen LogP) is 3.57. The number of rotatable bonds is 4. The molecule has 0 unspecified atom stereocenters. The first-order valence-corrected chi connectivity index (χ1v) is 5.79. The van der Waals surface area contributed by atoms with Crippen LogP contribution < -0.4 is 0 Å². The van der Waals surface area contributed by atoms with E-state index < -0.39 is 0 Å². The summed E-state index contributed by atoms with van der Waals surface area (Å²) in [7, 11) is 0. The van der Waals surface area contributed by atoms with E-state index in [2.05, 4.69) is 48.3 Å². The first-order valence-electron chi connectivity index (χ1n) is 5.79. The third-order valence-electron chi connectivity index (χ3n) is 2.92. The number of benzene rings is 1. The minimum atomic E-state index is 1.14. The number of hydrogen-bond donors (Lipinski definition) is 0. The van der Waals surface area contributed by atoms with Crippen molar-refractivity contribution in [2.45, 2.75) is 26.2 Å². The minimum Gasteiger partial charge on any atom is -0.265 e. The Labute approximate surface area is 97.2 Å². The zero-order valence-electron chi connectivity index (χ0n) is 9.69. The van der Waals surface area contributed by atoms with Crippen molar-refractivity contribution in [1.29, 1.82) is 0 Å². The summed E-state index contributed by atoms with van der Waals surface area (Å²) in [5.74, 6) is 0.